The summed E-state index contributed by atoms with van der Waals surface area (Å²) < 4.78 is 0.844. The van der Waals surface area contributed by atoms with Crippen LogP contribution in [0.2, 0.25) is 0 Å². The van der Waals surface area contributed by atoms with Gasteiger partial charge in [-0.2, -0.15) is 0 Å². The van der Waals surface area contributed by atoms with E-state index in [0.717, 1.165) is 11.0 Å². The number of carboxylic acid groups (broad SMARTS) is 1. The van der Waals surface area contributed by atoms with E-state index in [1.165, 1.54) is 0 Å². The Labute approximate surface area is 95.5 Å². The first-order chi connectivity index (χ1) is 7.26. The quantitative estimate of drug-likeness (QED) is 0.535. The summed E-state index contributed by atoms with van der Waals surface area (Å²) in [5.41, 5.74) is 0. The average Bonchev–Trinajstić information content (AvgIpc) is 2.50. The molecule has 0 bridgehead atoms. The van der Waals surface area contributed by atoms with Crippen LogP contribution in [0, 0.1) is 0 Å². The number of carboxylic acids is 1. The zero-order valence-electron chi connectivity index (χ0n) is 10.0. The number of quaternary nitrogens is 1. The highest BCUT2D eigenvalue weighted by atomic mass is 16.4. The average molecular weight is 232 g/mol. The Morgan fingerprint density at radius 2 is 2.12 bits per heavy atom. The molecule has 1 aliphatic heterocycles. The zero-order valence-corrected chi connectivity index (χ0v) is 10.0. The Balaban J connectivity index is 0.000000293. The van der Waals surface area contributed by atoms with Crippen LogP contribution in [0.4, 0.5) is 0 Å². The van der Waals surface area contributed by atoms with Gasteiger partial charge in [0.05, 0.1) is 39.8 Å². The number of rotatable bonds is 3. The standard InChI is InChI=1S/C5H7NO3.C5H14NO/c7-4-2-1-3(6-4)5(8)9;1-6(2,3)4-5-7/h3H,1-2H2,(H,6,7)(H,8,9);7H,4-5H2,1-3H3/q;+1/p-1. The Hall–Kier alpha value is -1.14. The maximum absolute atomic E-state index is 10.4. The van der Waals surface area contributed by atoms with Crippen LogP contribution in [-0.2, 0) is 9.59 Å². The zero-order chi connectivity index (χ0) is 12.8. The molecule has 94 valence electrons. The lowest BCUT2D eigenvalue weighted by atomic mass is 10.2. The lowest BCUT2D eigenvalue weighted by Crippen LogP contribution is -2.42. The number of aliphatic carboxylic acids is 1. The van der Waals surface area contributed by atoms with Gasteiger partial charge in [-0.25, -0.2) is 0 Å². The van der Waals surface area contributed by atoms with Crippen molar-refractivity contribution in [3.63, 3.8) is 0 Å². The molecule has 16 heavy (non-hydrogen) atoms. The second kappa shape index (κ2) is 6.44. The molecule has 0 aliphatic carbocycles. The molecule has 1 aliphatic rings. The van der Waals surface area contributed by atoms with Crippen molar-refractivity contribution in [1.29, 1.82) is 0 Å². The molecule has 1 fully saturated rings. The van der Waals surface area contributed by atoms with Crippen LogP contribution in [0.5, 0.6) is 0 Å². The van der Waals surface area contributed by atoms with Gasteiger partial charge in [0.1, 0.15) is 6.54 Å². The minimum absolute atomic E-state index is 0.204. The molecule has 6 heteroatoms. The van der Waals surface area contributed by atoms with E-state index in [1.54, 1.807) is 0 Å². The lowest BCUT2D eigenvalue weighted by Gasteiger charge is -2.21. The van der Waals surface area contributed by atoms with E-state index in [2.05, 4.69) is 26.5 Å². The fourth-order valence-corrected chi connectivity index (χ4v) is 1.09. The first-order valence-corrected chi connectivity index (χ1v) is 5.18. The van der Waals surface area contributed by atoms with Crippen molar-refractivity contribution >= 4 is 11.9 Å². The van der Waals surface area contributed by atoms with E-state index < -0.39 is 12.0 Å². The molecule has 1 atom stereocenters. The fraction of sp³-hybridized carbons (Fsp3) is 0.800. The van der Waals surface area contributed by atoms with Crippen LogP contribution in [0.1, 0.15) is 12.8 Å². The second-order valence-corrected chi connectivity index (χ2v) is 4.72. The predicted octanol–water partition coefficient (Wildman–Crippen LogP) is -2.30. The number of likely N-dealkylation sites (N-methyl/N-ethyl adjacent to an activating group) is 1. The highest BCUT2D eigenvalue weighted by Crippen LogP contribution is 2.04. The maximum Gasteiger partial charge on any atom is 0.220 e. The number of aliphatic hydroxyl groups excluding tert-OH is 1. The number of nitrogens with zero attached hydrogens (tertiary/aromatic N) is 1. The molecule has 0 aromatic rings. The molecule has 2 N–H and O–H groups in total. The van der Waals surface area contributed by atoms with Crippen LogP contribution < -0.4 is 10.4 Å². The Morgan fingerprint density at radius 1 is 1.56 bits per heavy atom. The van der Waals surface area contributed by atoms with Crippen LogP contribution in [-0.4, -0.2) is 61.8 Å². The Kier molecular flexibility index (Phi) is 5.98. The smallest absolute Gasteiger partial charge is 0.220 e. The monoisotopic (exact) mass is 232 g/mol. The minimum Gasteiger partial charge on any atom is -0.548 e. The lowest BCUT2D eigenvalue weighted by molar-refractivity contribution is -0.870. The van der Waals surface area contributed by atoms with E-state index in [-0.39, 0.29) is 12.5 Å². The molecule has 0 spiro atoms. The fourth-order valence-electron chi connectivity index (χ4n) is 1.09. The summed E-state index contributed by atoms with van der Waals surface area (Å²) in [6.07, 6.45) is 0.666. The van der Waals surface area contributed by atoms with Gasteiger partial charge < -0.3 is 24.8 Å². The van der Waals surface area contributed by atoms with E-state index in [9.17, 15) is 14.7 Å². The third kappa shape index (κ3) is 7.19. The number of aliphatic hydroxyl groups is 1. The summed E-state index contributed by atoms with van der Waals surface area (Å²) >= 11 is 0. The molecule has 1 amide bonds. The minimum atomic E-state index is -1.19. The van der Waals surface area contributed by atoms with Gasteiger partial charge in [-0.15, -0.1) is 0 Å². The molecule has 0 aromatic carbocycles. The number of carbonyl (C=O) groups excluding carboxylic acids is 2. The number of hydrogen-bond acceptors (Lipinski definition) is 4. The van der Waals surface area contributed by atoms with Crippen LogP contribution >= 0.6 is 0 Å². The van der Waals surface area contributed by atoms with Crippen molar-refractivity contribution in [3.05, 3.63) is 0 Å². The number of nitrogens with one attached hydrogen (secondary N) is 1. The van der Waals surface area contributed by atoms with E-state index in [4.69, 9.17) is 5.11 Å². The van der Waals surface area contributed by atoms with Gasteiger partial charge in [0.2, 0.25) is 5.91 Å². The van der Waals surface area contributed by atoms with Gasteiger partial charge in [-0.05, 0) is 6.42 Å². The molecule has 0 saturated carbocycles. The van der Waals surface area contributed by atoms with Crippen molar-refractivity contribution in [1.82, 2.24) is 5.32 Å². The van der Waals surface area contributed by atoms with Gasteiger partial charge in [-0.1, -0.05) is 0 Å². The van der Waals surface area contributed by atoms with Crippen molar-refractivity contribution in [3.8, 4) is 0 Å². The first kappa shape index (κ1) is 14.9. The molecule has 6 nitrogen and oxygen atoms in total. The highest BCUT2D eigenvalue weighted by Gasteiger charge is 2.20. The van der Waals surface area contributed by atoms with Crippen LogP contribution in [0.25, 0.3) is 0 Å². The summed E-state index contributed by atoms with van der Waals surface area (Å²) in [4.78, 5) is 20.4. The summed E-state index contributed by atoms with van der Waals surface area (Å²) in [5, 5.41) is 20.7. The third-order valence-electron chi connectivity index (χ3n) is 2.05. The predicted molar refractivity (Wildman–Crippen MR) is 56.2 cm³/mol. The third-order valence-corrected chi connectivity index (χ3v) is 2.05. The van der Waals surface area contributed by atoms with Gasteiger partial charge in [0.15, 0.2) is 0 Å². The highest BCUT2D eigenvalue weighted by molar-refractivity contribution is 5.86. The van der Waals surface area contributed by atoms with E-state index >= 15 is 0 Å². The topological polar surface area (TPSA) is 89.5 Å². The number of hydrogen-bond donors (Lipinski definition) is 2. The number of carbonyl (C=O) groups is 2. The molecule has 1 heterocycles. The van der Waals surface area contributed by atoms with Gasteiger partial charge in [0.25, 0.3) is 0 Å². The molecule has 1 unspecified atom stereocenters. The largest absolute Gasteiger partial charge is 0.548 e. The van der Waals surface area contributed by atoms with Crippen LogP contribution in [0.15, 0.2) is 0 Å². The molecule has 1 saturated heterocycles. The normalized spacial score (nSPS) is 19.8. The van der Waals surface area contributed by atoms with Gasteiger partial charge in [0, 0.05) is 6.42 Å². The second-order valence-electron chi connectivity index (χ2n) is 4.72. The Morgan fingerprint density at radius 3 is 2.25 bits per heavy atom. The summed E-state index contributed by atoms with van der Waals surface area (Å²) in [7, 11) is 6.16. The molecule has 0 radical (unpaired) electrons. The first-order valence-electron chi connectivity index (χ1n) is 5.18. The van der Waals surface area contributed by atoms with Crippen molar-refractivity contribution in [2.24, 2.45) is 0 Å². The number of amides is 1. The van der Waals surface area contributed by atoms with Gasteiger partial charge in [-0.3, -0.25) is 4.79 Å². The maximum atomic E-state index is 10.4. The molecular formula is C10H20N2O4. The van der Waals surface area contributed by atoms with E-state index in [1.807, 2.05) is 0 Å². The summed E-state index contributed by atoms with van der Waals surface area (Å²) in [5.74, 6) is -1.40. The van der Waals surface area contributed by atoms with Gasteiger partial charge >= 0.3 is 0 Å². The van der Waals surface area contributed by atoms with Crippen LogP contribution in [0.3, 0.4) is 0 Å². The SMILES string of the molecule is C[N+](C)(C)CCO.O=C1CCC(C(=O)[O-])N1. The van der Waals surface area contributed by atoms with Crippen molar-refractivity contribution in [2.45, 2.75) is 18.9 Å². The summed E-state index contributed by atoms with van der Waals surface area (Å²) in [6.45, 7) is 1.11. The molecular weight excluding hydrogens is 212 g/mol. The molecule has 1 rings (SSSR count). The molecule has 0 aromatic heterocycles. The summed E-state index contributed by atoms with van der Waals surface area (Å²) in [6, 6.07) is -0.752. The van der Waals surface area contributed by atoms with Crippen molar-refractivity contribution in [2.75, 3.05) is 34.3 Å². The van der Waals surface area contributed by atoms with Crippen molar-refractivity contribution < 1.29 is 24.3 Å². The van der Waals surface area contributed by atoms with E-state index in [0.29, 0.717) is 12.8 Å². The Bertz CT molecular complexity index is 248.